The zero-order valence-corrected chi connectivity index (χ0v) is 10.2. The molecule has 0 saturated carbocycles. The van der Waals surface area contributed by atoms with Crippen LogP contribution in [0, 0.1) is 19.7 Å². The van der Waals surface area contributed by atoms with Gasteiger partial charge in [-0.1, -0.05) is 24.3 Å². The van der Waals surface area contributed by atoms with Gasteiger partial charge in [0, 0.05) is 0 Å². The van der Waals surface area contributed by atoms with Crippen molar-refractivity contribution in [3.8, 4) is 5.75 Å². The predicted octanol–water partition coefficient (Wildman–Crippen LogP) is 3.66. The summed E-state index contributed by atoms with van der Waals surface area (Å²) in [5.74, 6) is -0.484. The lowest BCUT2D eigenvalue weighted by atomic mass is 10.0. The van der Waals surface area contributed by atoms with Crippen LogP contribution in [-0.2, 0) is 0 Å². The van der Waals surface area contributed by atoms with Crippen LogP contribution in [0.4, 0.5) is 4.39 Å². The van der Waals surface area contributed by atoms with E-state index in [1.807, 2.05) is 6.07 Å². The van der Waals surface area contributed by atoms with Crippen molar-refractivity contribution in [2.75, 3.05) is 0 Å². The van der Waals surface area contributed by atoms with E-state index in [0.29, 0.717) is 22.4 Å². The van der Waals surface area contributed by atoms with E-state index in [1.54, 1.807) is 44.2 Å². The van der Waals surface area contributed by atoms with Gasteiger partial charge in [-0.25, -0.2) is 9.18 Å². The molecule has 18 heavy (non-hydrogen) atoms. The van der Waals surface area contributed by atoms with Gasteiger partial charge in [0.15, 0.2) is 0 Å². The van der Waals surface area contributed by atoms with Gasteiger partial charge in [-0.15, -0.1) is 0 Å². The number of esters is 1. The Kier molecular flexibility index (Phi) is 3.42. The number of ether oxygens (including phenoxy) is 1. The summed E-state index contributed by atoms with van der Waals surface area (Å²) < 4.78 is 18.7. The average Bonchev–Trinajstić information content (AvgIpc) is 2.36. The Bertz CT molecular complexity index is 577. The van der Waals surface area contributed by atoms with Gasteiger partial charge >= 0.3 is 5.97 Å². The molecule has 0 aliphatic rings. The molecule has 0 aliphatic carbocycles. The monoisotopic (exact) mass is 244 g/mol. The molecule has 2 nitrogen and oxygen atoms in total. The van der Waals surface area contributed by atoms with E-state index in [9.17, 15) is 9.18 Å². The van der Waals surface area contributed by atoms with Crippen molar-refractivity contribution >= 4 is 5.97 Å². The lowest BCUT2D eigenvalue weighted by Crippen LogP contribution is -2.13. The summed E-state index contributed by atoms with van der Waals surface area (Å²) >= 11 is 0. The number of hydrogen-bond donors (Lipinski definition) is 0. The fourth-order valence-electron chi connectivity index (χ4n) is 1.78. The van der Waals surface area contributed by atoms with E-state index in [4.69, 9.17) is 4.74 Å². The minimum atomic E-state index is -0.532. The molecule has 2 rings (SSSR count). The van der Waals surface area contributed by atoms with Crippen LogP contribution in [0.3, 0.4) is 0 Å². The molecule has 0 aromatic heterocycles. The predicted molar refractivity (Wildman–Crippen MR) is 67.3 cm³/mol. The van der Waals surface area contributed by atoms with E-state index >= 15 is 0 Å². The van der Waals surface area contributed by atoms with Crippen LogP contribution in [0.25, 0.3) is 0 Å². The number of rotatable bonds is 2. The molecule has 0 fully saturated rings. The van der Waals surface area contributed by atoms with Crippen LogP contribution in [0.1, 0.15) is 21.5 Å². The molecule has 0 amide bonds. The van der Waals surface area contributed by atoms with Gasteiger partial charge in [-0.2, -0.15) is 0 Å². The van der Waals surface area contributed by atoms with E-state index in [0.717, 1.165) is 0 Å². The van der Waals surface area contributed by atoms with Gasteiger partial charge in [0.05, 0.1) is 5.56 Å². The van der Waals surface area contributed by atoms with Crippen LogP contribution in [0.15, 0.2) is 42.5 Å². The fraction of sp³-hybridized carbons (Fsp3) is 0.133. The van der Waals surface area contributed by atoms with Gasteiger partial charge in [0.2, 0.25) is 0 Å². The van der Waals surface area contributed by atoms with Crippen molar-refractivity contribution in [2.24, 2.45) is 0 Å². The minimum absolute atomic E-state index is 0.291. The van der Waals surface area contributed by atoms with Crippen LogP contribution >= 0.6 is 0 Å². The number of benzene rings is 2. The second-order valence-electron chi connectivity index (χ2n) is 4.07. The number of hydrogen-bond acceptors (Lipinski definition) is 2. The second-order valence-corrected chi connectivity index (χ2v) is 4.07. The molecule has 0 heterocycles. The van der Waals surface area contributed by atoms with Crippen molar-refractivity contribution in [2.45, 2.75) is 13.8 Å². The van der Waals surface area contributed by atoms with Gasteiger partial charge in [0.1, 0.15) is 11.6 Å². The number of carbonyl (C=O) groups excluding carboxylic acids is 1. The van der Waals surface area contributed by atoms with Crippen LogP contribution < -0.4 is 4.74 Å². The van der Waals surface area contributed by atoms with E-state index < -0.39 is 11.8 Å². The minimum Gasteiger partial charge on any atom is -0.423 e. The Labute approximate surface area is 105 Å². The van der Waals surface area contributed by atoms with Crippen LogP contribution in [-0.4, -0.2) is 5.97 Å². The Morgan fingerprint density at radius 2 is 1.72 bits per heavy atom. The van der Waals surface area contributed by atoms with E-state index in [-0.39, 0.29) is 0 Å². The van der Waals surface area contributed by atoms with E-state index in [2.05, 4.69) is 0 Å². The number of aryl methyl sites for hydroxylation is 1. The van der Waals surface area contributed by atoms with Crippen molar-refractivity contribution in [3.05, 3.63) is 65.0 Å². The molecule has 0 atom stereocenters. The summed E-state index contributed by atoms with van der Waals surface area (Å²) in [7, 11) is 0. The normalized spacial score (nSPS) is 10.2. The first kappa shape index (κ1) is 12.3. The maximum absolute atomic E-state index is 13.5. The van der Waals surface area contributed by atoms with Gasteiger partial charge in [-0.05, 0) is 43.2 Å². The van der Waals surface area contributed by atoms with E-state index in [1.165, 1.54) is 6.07 Å². The first-order valence-corrected chi connectivity index (χ1v) is 5.62. The van der Waals surface area contributed by atoms with Crippen molar-refractivity contribution < 1.29 is 13.9 Å². The summed E-state index contributed by atoms with van der Waals surface area (Å²) in [6.07, 6.45) is 0. The van der Waals surface area contributed by atoms with Gasteiger partial charge in [-0.3, -0.25) is 0 Å². The standard InChI is InChI=1S/C15H13FO2/c1-10-8-9-13(16)11(2)14(10)15(17)18-12-6-4-3-5-7-12/h3-9H,1-2H3. The van der Waals surface area contributed by atoms with Crippen molar-refractivity contribution in [3.63, 3.8) is 0 Å². The molecular formula is C15H13FO2. The smallest absolute Gasteiger partial charge is 0.344 e. The van der Waals surface area contributed by atoms with Crippen molar-refractivity contribution in [1.29, 1.82) is 0 Å². The third-order valence-corrected chi connectivity index (χ3v) is 2.77. The molecule has 92 valence electrons. The third-order valence-electron chi connectivity index (χ3n) is 2.77. The van der Waals surface area contributed by atoms with Gasteiger partial charge < -0.3 is 4.74 Å². The SMILES string of the molecule is Cc1ccc(F)c(C)c1C(=O)Oc1ccccc1. The fourth-order valence-corrected chi connectivity index (χ4v) is 1.78. The largest absolute Gasteiger partial charge is 0.423 e. The summed E-state index contributed by atoms with van der Waals surface area (Å²) in [5.41, 5.74) is 1.31. The zero-order chi connectivity index (χ0) is 13.1. The molecule has 0 aliphatic heterocycles. The van der Waals surface area contributed by atoms with Crippen LogP contribution in [0.5, 0.6) is 5.75 Å². The highest BCUT2D eigenvalue weighted by molar-refractivity contribution is 5.94. The number of para-hydroxylation sites is 1. The first-order valence-electron chi connectivity index (χ1n) is 5.62. The maximum atomic E-state index is 13.5. The molecule has 0 N–H and O–H groups in total. The molecular weight excluding hydrogens is 231 g/mol. The number of halogens is 1. The topological polar surface area (TPSA) is 26.3 Å². The van der Waals surface area contributed by atoms with Crippen LogP contribution in [0.2, 0.25) is 0 Å². The lowest BCUT2D eigenvalue weighted by molar-refractivity contribution is 0.0732. The molecule has 3 heteroatoms. The highest BCUT2D eigenvalue weighted by atomic mass is 19.1. The average molecular weight is 244 g/mol. The highest BCUT2D eigenvalue weighted by Gasteiger charge is 2.17. The third kappa shape index (κ3) is 2.40. The highest BCUT2D eigenvalue weighted by Crippen LogP contribution is 2.19. The molecule has 0 radical (unpaired) electrons. The van der Waals surface area contributed by atoms with Crippen molar-refractivity contribution in [1.82, 2.24) is 0 Å². The Hall–Kier alpha value is -2.16. The summed E-state index contributed by atoms with van der Waals surface area (Å²) in [6.45, 7) is 3.33. The summed E-state index contributed by atoms with van der Waals surface area (Å²) in [6, 6.07) is 11.7. The molecule has 0 saturated heterocycles. The summed E-state index contributed by atoms with van der Waals surface area (Å²) in [4.78, 5) is 12.0. The lowest BCUT2D eigenvalue weighted by Gasteiger charge is -2.10. The number of carbonyl (C=O) groups is 1. The molecule has 0 bridgehead atoms. The summed E-state index contributed by atoms with van der Waals surface area (Å²) in [5, 5.41) is 0. The Balaban J connectivity index is 2.33. The molecule has 0 unspecified atom stereocenters. The molecule has 2 aromatic rings. The van der Waals surface area contributed by atoms with Gasteiger partial charge in [0.25, 0.3) is 0 Å². The maximum Gasteiger partial charge on any atom is 0.344 e. The quantitative estimate of drug-likeness (QED) is 0.595. The molecule has 2 aromatic carbocycles. The zero-order valence-electron chi connectivity index (χ0n) is 10.2. The second kappa shape index (κ2) is 5.00. The Morgan fingerprint density at radius 1 is 1.06 bits per heavy atom. The first-order chi connectivity index (χ1) is 8.59. The molecule has 0 spiro atoms. The Morgan fingerprint density at radius 3 is 2.39 bits per heavy atom.